The van der Waals surface area contributed by atoms with Crippen LogP contribution in [0.2, 0.25) is 0 Å². The number of carbonyl (C=O) groups excluding carboxylic acids is 1. The van der Waals surface area contributed by atoms with Crippen molar-refractivity contribution in [2.75, 3.05) is 0 Å². The van der Waals surface area contributed by atoms with Crippen molar-refractivity contribution in [2.45, 2.75) is 0 Å². The summed E-state index contributed by atoms with van der Waals surface area (Å²) in [5, 5.41) is 20.9. The minimum Gasteiger partial charge on any atom is -0.463 e. The first kappa shape index (κ1) is 15.2. The van der Waals surface area contributed by atoms with Crippen molar-refractivity contribution in [1.82, 2.24) is 15.6 Å². The van der Waals surface area contributed by atoms with E-state index >= 15 is 0 Å². The topological polar surface area (TPSA) is 126 Å². The molecule has 0 atom stereocenters. The van der Waals surface area contributed by atoms with Crippen LogP contribution < -0.4 is 5.43 Å². The Balaban J connectivity index is 1.62. The van der Waals surface area contributed by atoms with Crippen LogP contribution in [0, 0.1) is 10.1 Å². The number of aromatic amines is 1. The van der Waals surface area contributed by atoms with E-state index in [0.29, 0.717) is 17.0 Å². The van der Waals surface area contributed by atoms with Crippen LogP contribution in [0.25, 0.3) is 11.5 Å². The Morgan fingerprint density at radius 2 is 2.12 bits per heavy atom. The van der Waals surface area contributed by atoms with E-state index in [1.807, 2.05) is 0 Å². The van der Waals surface area contributed by atoms with Gasteiger partial charge in [-0.3, -0.25) is 20.0 Å². The average molecular weight is 325 g/mol. The maximum Gasteiger partial charge on any atom is 0.291 e. The third-order valence-corrected chi connectivity index (χ3v) is 3.08. The number of H-pyrrole nitrogens is 1. The Morgan fingerprint density at radius 1 is 1.33 bits per heavy atom. The number of carbonyl (C=O) groups is 1. The van der Waals surface area contributed by atoms with Gasteiger partial charge in [0.05, 0.1) is 17.4 Å². The first-order chi connectivity index (χ1) is 11.6. The van der Waals surface area contributed by atoms with Gasteiger partial charge < -0.3 is 4.42 Å². The van der Waals surface area contributed by atoms with E-state index in [4.69, 9.17) is 4.42 Å². The highest BCUT2D eigenvalue weighted by Gasteiger charge is 2.12. The second-order valence-corrected chi connectivity index (χ2v) is 4.69. The van der Waals surface area contributed by atoms with Crippen LogP contribution in [0.1, 0.15) is 16.1 Å². The molecule has 120 valence electrons. The van der Waals surface area contributed by atoms with Gasteiger partial charge in [0.15, 0.2) is 11.5 Å². The van der Waals surface area contributed by atoms with Crippen LogP contribution >= 0.6 is 0 Å². The summed E-state index contributed by atoms with van der Waals surface area (Å²) in [6.07, 6.45) is 2.89. The number of nitrogens with zero attached hydrogens (tertiary/aromatic N) is 3. The van der Waals surface area contributed by atoms with Crippen LogP contribution in [-0.4, -0.2) is 27.2 Å². The van der Waals surface area contributed by atoms with Crippen molar-refractivity contribution < 1.29 is 14.1 Å². The average Bonchev–Trinajstić information content (AvgIpc) is 3.26. The fraction of sp³-hybridized carbons (Fsp3) is 0. The molecule has 3 rings (SSSR count). The van der Waals surface area contributed by atoms with Crippen LogP contribution in [0.3, 0.4) is 0 Å². The molecule has 0 unspecified atom stereocenters. The minimum atomic E-state index is -0.498. The fourth-order valence-electron chi connectivity index (χ4n) is 1.90. The fourth-order valence-corrected chi connectivity index (χ4v) is 1.90. The second-order valence-electron chi connectivity index (χ2n) is 4.69. The molecule has 1 aromatic carbocycles. The molecule has 0 bridgehead atoms. The van der Waals surface area contributed by atoms with E-state index in [0.717, 1.165) is 0 Å². The van der Waals surface area contributed by atoms with E-state index in [1.54, 1.807) is 12.1 Å². The summed E-state index contributed by atoms with van der Waals surface area (Å²) in [5.41, 5.74) is 3.65. The van der Waals surface area contributed by atoms with Gasteiger partial charge >= 0.3 is 0 Å². The van der Waals surface area contributed by atoms with Crippen molar-refractivity contribution in [2.24, 2.45) is 5.10 Å². The van der Waals surface area contributed by atoms with Crippen molar-refractivity contribution in [3.05, 3.63) is 70.1 Å². The number of non-ortho nitro benzene ring substituents is 1. The first-order valence-corrected chi connectivity index (χ1v) is 6.80. The number of rotatable bonds is 5. The SMILES string of the molecule is O=C(N/N=C\c1ccc([N+](=O)[O-])cc1)c1cc(-c2ccco2)[nH]n1. The normalized spacial score (nSPS) is 10.8. The highest BCUT2D eigenvalue weighted by atomic mass is 16.6. The number of hydrazone groups is 1. The maximum absolute atomic E-state index is 11.9. The molecular formula is C15H11N5O4. The minimum absolute atomic E-state index is 0.0156. The quantitative estimate of drug-likeness (QED) is 0.423. The number of nitro benzene ring substituents is 1. The molecular weight excluding hydrogens is 314 g/mol. The maximum atomic E-state index is 11.9. The summed E-state index contributed by atoms with van der Waals surface area (Å²) in [6.45, 7) is 0. The molecule has 0 radical (unpaired) electrons. The largest absolute Gasteiger partial charge is 0.463 e. The van der Waals surface area contributed by atoms with Crippen LogP contribution in [0.15, 0.2) is 58.2 Å². The lowest BCUT2D eigenvalue weighted by atomic mass is 10.2. The Kier molecular flexibility index (Phi) is 4.15. The summed E-state index contributed by atoms with van der Waals surface area (Å²) < 4.78 is 5.20. The van der Waals surface area contributed by atoms with Gasteiger partial charge in [0, 0.05) is 18.2 Å². The molecule has 0 fully saturated rings. The molecule has 1 amide bonds. The number of furan rings is 1. The smallest absolute Gasteiger partial charge is 0.291 e. The molecule has 0 saturated carbocycles. The molecule has 0 aliphatic rings. The number of nitro groups is 1. The van der Waals surface area contributed by atoms with Crippen molar-refractivity contribution >= 4 is 17.8 Å². The van der Waals surface area contributed by atoms with Gasteiger partial charge in [0.25, 0.3) is 11.6 Å². The van der Waals surface area contributed by atoms with Gasteiger partial charge in [-0.15, -0.1) is 0 Å². The van der Waals surface area contributed by atoms with Crippen LogP contribution in [0.4, 0.5) is 5.69 Å². The van der Waals surface area contributed by atoms with Crippen molar-refractivity contribution in [3.63, 3.8) is 0 Å². The monoisotopic (exact) mass is 325 g/mol. The highest BCUT2D eigenvalue weighted by molar-refractivity contribution is 5.94. The van der Waals surface area contributed by atoms with E-state index < -0.39 is 10.8 Å². The third-order valence-electron chi connectivity index (χ3n) is 3.08. The summed E-state index contributed by atoms with van der Waals surface area (Å²) in [5.74, 6) is 0.0677. The molecule has 24 heavy (non-hydrogen) atoms. The zero-order valence-electron chi connectivity index (χ0n) is 12.2. The molecule has 9 nitrogen and oxygen atoms in total. The number of amides is 1. The Morgan fingerprint density at radius 3 is 2.79 bits per heavy atom. The molecule has 0 saturated heterocycles. The van der Waals surface area contributed by atoms with Crippen molar-refractivity contribution in [1.29, 1.82) is 0 Å². The summed E-state index contributed by atoms with van der Waals surface area (Å²) in [7, 11) is 0. The Hall–Kier alpha value is -3.75. The predicted octanol–water partition coefficient (Wildman–Crippen LogP) is 2.34. The number of benzene rings is 1. The summed E-state index contributed by atoms with van der Waals surface area (Å²) in [4.78, 5) is 22.0. The van der Waals surface area contributed by atoms with E-state index in [2.05, 4.69) is 20.7 Å². The van der Waals surface area contributed by atoms with Crippen molar-refractivity contribution in [3.8, 4) is 11.5 Å². The van der Waals surface area contributed by atoms with Gasteiger partial charge in [0.2, 0.25) is 0 Å². The van der Waals surface area contributed by atoms with Gasteiger partial charge in [0.1, 0.15) is 5.69 Å². The van der Waals surface area contributed by atoms with E-state index in [-0.39, 0.29) is 11.4 Å². The van der Waals surface area contributed by atoms with Gasteiger partial charge in [-0.1, -0.05) is 0 Å². The van der Waals surface area contributed by atoms with E-state index in [9.17, 15) is 14.9 Å². The standard InChI is InChI=1S/C15H11N5O4/c21-15(13-8-12(17-18-13)14-2-1-7-24-14)19-16-9-10-3-5-11(6-4-10)20(22)23/h1-9H,(H,17,18)(H,19,21)/b16-9-. The number of hydrogen-bond donors (Lipinski definition) is 2. The van der Waals surface area contributed by atoms with Crippen LogP contribution in [0.5, 0.6) is 0 Å². The number of hydrogen-bond acceptors (Lipinski definition) is 6. The lowest BCUT2D eigenvalue weighted by Gasteiger charge is -1.95. The second kappa shape index (κ2) is 6.57. The summed E-state index contributed by atoms with van der Waals surface area (Å²) in [6, 6.07) is 10.8. The Labute approximate surface area is 135 Å². The molecule has 2 heterocycles. The molecule has 3 aromatic rings. The lowest BCUT2D eigenvalue weighted by molar-refractivity contribution is -0.384. The lowest BCUT2D eigenvalue weighted by Crippen LogP contribution is -2.17. The third kappa shape index (κ3) is 3.35. The molecule has 9 heteroatoms. The molecule has 0 spiro atoms. The highest BCUT2D eigenvalue weighted by Crippen LogP contribution is 2.17. The zero-order valence-corrected chi connectivity index (χ0v) is 12.2. The molecule has 0 aliphatic carbocycles. The molecule has 0 aliphatic heterocycles. The molecule has 2 aromatic heterocycles. The Bertz CT molecular complexity index is 881. The van der Waals surface area contributed by atoms with Gasteiger partial charge in [-0.2, -0.15) is 10.2 Å². The molecule has 2 N–H and O–H groups in total. The first-order valence-electron chi connectivity index (χ1n) is 6.80. The van der Waals surface area contributed by atoms with Crippen LogP contribution in [-0.2, 0) is 0 Å². The number of nitrogens with one attached hydrogen (secondary N) is 2. The zero-order chi connectivity index (χ0) is 16.9. The van der Waals surface area contributed by atoms with Gasteiger partial charge in [-0.25, -0.2) is 5.43 Å². The van der Waals surface area contributed by atoms with E-state index in [1.165, 1.54) is 42.8 Å². The van der Waals surface area contributed by atoms with Gasteiger partial charge in [-0.05, 0) is 29.8 Å². The predicted molar refractivity (Wildman–Crippen MR) is 84.4 cm³/mol. The summed E-state index contributed by atoms with van der Waals surface area (Å²) >= 11 is 0. The number of aromatic nitrogens is 2.